The van der Waals surface area contributed by atoms with Crippen LogP contribution in [0.25, 0.3) is 0 Å². The van der Waals surface area contributed by atoms with Crippen LogP contribution in [0, 0.1) is 24.7 Å². The van der Waals surface area contributed by atoms with E-state index < -0.39 is 0 Å². The van der Waals surface area contributed by atoms with Gasteiger partial charge in [-0.1, -0.05) is 30.7 Å². The summed E-state index contributed by atoms with van der Waals surface area (Å²) in [5.74, 6) is -0.624. The third-order valence-corrected chi connectivity index (χ3v) is 6.48. The van der Waals surface area contributed by atoms with Crippen LogP contribution in [0.5, 0.6) is 0 Å². The number of benzene rings is 2. The number of amides is 3. The fourth-order valence-electron chi connectivity index (χ4n) is 4.37. The number of carbonyl (C=O) groups is 3. The van der Waals surface area contributed by atoms with Crippen LogP contribution in [0.3, 0.4) is 0 Å². The summed E-state index contributed by atoms with van der Waals surface area (Å²) >= 11 is 6.12. The van der Waals surface area contributed by atoms with Crippen molar-refractivity contribution in [2.24, 2.45) is 17.8 Å². The number of hydrogen-bond acceptors (Lipinski definition) is 3. The van der Waals surface area contributed by atoms with E-state index in [9.17, 15) is 14.4 Å². The molecule has 2 aliphatic rings. The van der Waals surface area contributed by atoms with E-state index in [2.05, 4.69) is 12.2 Å². The predicted molar refractivity (Wildman–Crippen MR) is 113 cm³/mol. The Hall–Kier alpha value is -2.66. The second-order valence-electron chi connectivity index (χ2n) is 8.06. The van der Waals surface area contributed by atoms with Crippen molar-refractivity contribution in [2.45, 2.75) is 33.1 Å². The van der Waals surface area contributed by atoms with Gasteiger partial charge in [0, 0.05) is 16.3 Å². The molecule has 5 nitrogen and oxygen atoms in total. The van der Waals surface area contributed by atoms with Crippen molar-refractivity contribution >= 4 is 40.7 Å². The van der Waals surface area contributed by atoms with E-state index in [1.165, 1.54) is 4.90 Å². The summed E-state index contributed by atoms with van der Waals surface area (Å²) in [5, 5.41) is 3.42. The van der Waals surface area contributed by atoms with Gasteiger partial charge in [-0.05, 0) is 68.0 Å². The van der Waals surface area contributed by atoms with E-state index in [-0.39, 0.29) is 29.6 Å². The van der Waals surface area contributed by atoms with Gasteiger partial charge in [0.1, 0.15) is 0 Å². The number of carbonyl (C=O) groups excluding carboxylic acids is 3. The van der Waals surface area contributed by atoms with Crippen LogP contribution in [-0.4, -0.2) is 17.7 Å². The van der Waals surface area contributed by atoms with Gasteiger partial charge in [-0.3, -0.25) is 19.3 Å². The Morgan fingerprint density at radius 2 is 1.79 bits per heavy atom. The molecule has 29 heavy (non-hydrogen) atoms. The number of rotatable bonds is 3. The van der Waals surface area contributed by atoms with Crippen LogP contribution in [0.4, 0.5) is 11.4 Å². The molecule has 2 aromatic rings. The third kappa shape index (κ3) is 3.55. The molecular weight excluding hydrogens is 388 g/mol. The van der Waals surface area contributed by atoms with Crippen LogP contribution in [-0.2, 0) is 9.59 Å². The third-order valence-electron chi connectivity index (χ3n) is 6.07. The molecule has 3 amide bonds. The van der Waals surface area contributed by atoms with Gasteiger partial charge in [0.15, 0.2) is 0 Å². The molecule has 1 heterocycles. The molecule has 6 heteroatoms. The van der Waals surface area contributed by atoms with Crippen molar-refractivity contribution in [2.75, 3.05) is 10.2 Å². The lowest BCUT2D eigenvalue weighted by molar-refractivity contribution is -0.122. The Morgan fingerprint density at radius 1 is 1.07 bits per heavy atom. The van der Waals surface area contributed by atoms with Crippen molar-refractivity contribution in [3.63, 3.8) is 0 Å². The summed E-state index contributed by atoms with van der Waals surface area (Å²) in [4.78, 5) is 39.9. The number of halogens is 1. The first-order valence-electron chi connectivity index (χ1n) is 9.91. The Bertz CT molecular complexity index is 1000. The zero-order chi connectivity index (χ0) is 20.7. The average molecular weight is 411 g/mol. The summed E-state index contributed by atoms with van der Waals surface area (Å²) in [6.45, 7) is 3.96. The lowest BCUT2D eigenvalue weighted by Gasteiger charge is -2.25. The highest BCUT2D eigenvalue weighted by atomic mass is 35.5. The van der Waals surface area contributed by atoms with Crippen LogP contribution in [0.15, 0.2) is 42.5 Å². The number of fused-ring (bicyclic) bond motifs is 1. The molecule has 2 fully saturated rings. The first kappa shape index (κ1) is 19.6. The Kier molecular flexibility index (Phi) is 5.17. The molecule has 1 aliphatic carbocycles. The predicted octanol–water partition coefficient (Wildman–Crippen LogP) is 4.83. The SMILES string of the molecule is Cc1c(Cl)cccc1NC(=O)c1cccc(N2C(=O)[C@@H]3CC[C@@H](C)C[C@H]3C2=O)c1. The zero-order valence-electron chi connectivity index (χ0n) is 16.4. The monoisotopic (exact) mass is 410 g/mol. The molecule has 0 unspecified atom stereocenters. The molecule has 2 aromatic carbocycles. The average Bonchev–Trinajstić information content (AvgIpc) is 2.95. The fourth-order valence-corrected chi connectivity index (χ4v) is 4.54. The van der Waals surface area contributed by atoms with Crippen molar-refractivity contribution in [3.05, 3.63) is 58.6 Å². The number of nitrogens with one attached hydrogen (secondary N) is 1. The number of anilines is 2. The molecular formula is C23H23ClN2O3. The fraction of sp³-hybridized carbons (Fsp3) is 0.348. The minimum Gasteiger partial charge on any atom is -0.322 e. The second-order valence-corrected chi connectivity index (χ2v) is 8.47. The van der Waals surface area contributed by atoms with Crippen LogP contribution in [0.1, 0.15) is 42.1 Å². The quantitative estimate of drug-likeness (QED) is 0.737. The van der Waals surface area contributed by atoms with Crippen molar-refractivity contribution in [3.8, 4) is 0 Å². The molecule has 4 rings (SSSR count). The molecule has 1 saturated heterocycles. The van der Waals surface area contributed by atoms with Gasteiger partial charge in [0.25, 0.3) is 5.91 Å². The molecule has 150 valence electrons. The highest BCUT2D eigenvalue weighted by Crippen LogP contribution is 2.42. The van der Waals surface area contributed by atoms with Gasteiger partial charge >= 0.3 is 0 Å². The molecule has 0 bridgehead atoms. The van der Waals surface area contributed by atoms with Gasteiger partial charge in [-0.25, -0.2) is 0 Å². The van der Waals surface area contributed by atoms with Gasteiger partial charge < -0.3 is 5.32 Å². The summed E-state index contributed by atoms with van der Waals surface area (Å²) < 4.78 is 0. The number of nitrogens with zero attached hydrogens (tertiary/aromatic N) is 1. The minimum atomic E-state index is -0.317. The van der Waals surface area contributed by atoms with Gasteiger partial charge in [-0.2, -0.15) is 0 Å². The maximum Gasteiger partial charge on any atom is 0.255 e. The molecule has 1 aliphatic heterocycles. The smallest absolute Gasteiger partial charge is 0.255 e. The molecule has 0 radical (unpaired) electrons. The highest BCUT2D eigenvalue weighted by Gasteiger charge is 2.50. The van der Waals surface area contributed by atoms with Crippen molar-refractivity contribution < 1.29 is 14.4 Å². The Labute approximate surface area is 175 Å². The van der Waals surface area contributed by atoms with E-state index in [1.807, 2.05) is 6.92 Å². The second kappa shape index (κ2) is 7.64. The summed E-state index contributed by atoms with van der Waals surface area (Å²) in [6, 6.07) is 12.0. The van der Waals surface area contributed by atoms with Gasteiger partial charge in [-0.15, -0.1) is 0 Å². The van der Waals surface area contributed by atoms with Crippen LogP contribution >= 0.6 is 11.6 Å². The lowest BCUT2D eigenvalue weighted by Crippen LogP contribution is -2.31. The Balaban J connectivity index is 1.59. The van der Waals surface area contributed by atoms with Gasteiger partial charge in [0.05, 0.1) is 17.5 Å². The lowest BCUT2D eigenvalue weighted by atomic mass is 9.76. The zero-order valence-corrected chi connectivity index (χ0v) is 17.2. The summed E-state index contributed by atoms with van der Waals surface area (Å²) in [5.41, 5.74) is 2.24. The molecule has 0 spiro atoms. The van der Waals surface area contributed by atoms with E-state index in [4.69, 9.17) is 11.6 Å². The van der Waals surface area contributed by atoms with E-state index in [1.54, 1.807) is 42.5 Å². The summed E-state index contributed by atoms with van der Waals surface area (Å²) in [6.07, 6.45) is 2.47. The highest BCUT2D eigenvalue weighted by molar-refractivity contribution is 6.31. The first-order chi connectivity index (χ1) is 13.9. The molecule has 0 aromatic heterocycles. The largest absolute Gasteiger partial charge is 0.322 e. The van der Waals surface area contributed by atoms with E-state index >= 15 is 0 Å². The topological polar surface area (TPSA) is 66.5 Å². The normalized spacial score (nSPS) is 23.8. The van der Waals surface area contributed by atoms with Gasteiger partial charge in [0.2, 0.25) is 11.8 Å². The maximum absolute atomic E-state index is 12.9. The molecule has 1 saturated carbocycles. The maximum atomic E-state index is 12.9. The van der Waals surface area contributed by atoms with Crippen LogP contribution < -0.4 is 10.2 Å². The number of imide groups is 1. The van der Waals surface area contributed by atoms with E-state index in [0.717, 1.165) is 24.8 Å². The van der Waals surface area contributed by atoms with Crippen LogP contribution in [0.2, 0.25) is 5.02 Å². The van der Waals surface area contributed by atoms with Crippen molar-refractivity contribution in [1.29, 1.82) is 0 Å². The Morgan fingerprint density at radius 3 is 2.59 bits per heavy atom. The van der Waals surface area contributed by atoms with Crippen molar-refractivity contribution in [1.82, 2.24) is 0 Å². The minimum absolute atomic E-state index is 0.143. The first-order valence-corrected chi connectivity index (χ1v) is 10.3. The summed E-state index contributed by atoms with van der Waals surface area (Å²) in [7, 11) is 0. The standard InChI is InChI=1S/C23H23ClN2O3/c1-13-9-10-17-18(11-13)23(29)26(22(17)28)16-6-3-5-15(12-16)21(27)25-20-8-4-7-19(24)14(20)2/h3-8,12-13,17-18H,9-11H2,1-2H3,(H,25,27)/t13-,17-,18-/m1/s1. The molecule has 1 N–H and O–H groups in total. The molecule has 3 atom stereocenters. The van der Waals surface area contributed by atoms with E-state index in [0.29, 0.717) is 27.9 Å². The number of hydrogen-bond donors (Lipinski definition) is 1.